The molecule has 2 fully saturated rings. The van der Waals surface area contributed by atoms with Crippen LogP contribution in [0.25, 0.3) is 0 Å². The van der Waals surface area contributed by atoms with E-state index in [9.17, 15) is 14.0 Å². The number of aromatic nitrogens is 1. The van der Waals surface area contributed by atoms with Crippen molar-refractivity contribution in [2.24, 2.45) is 0 Å². The number of rotatable bonds is 8. The highest BCUT2D eigenvalue weighted by molar-refractivity contribution is 9.10. The van der Waals surface area contributed by atoms with Gasteiger partial charge in [0, 0.05) is 35.0 Å². The maximum absolute atomic E-state index is 13.3. The van der Waals surface area contributed by atoms with E-state index in [2.05, 4.69) is 36.4 Å². The number of nitrogens with zero attached hydrogens (tertiary/aromatic N) is 2. The molecule has 2 aliphatic heterocycles. The molecule has 2 amide bonds. The molecule has 2 N–H and O–H groups in total. The molecule has 2 aromatic heterocycles. The minimum atomic E-state index is -0.996. The van der Waals surface area contributed by atoms with Gasteiger partial charge in [-0.3, -0.25) is 9.59 Å². The van der Waals surface area contributed by atoms with Crippen LogP contribution in [0, 0.1) is 0 Å². The molecule has 8 nitrogen and oxygen atoms in total. The Bertz CT molecular complexity index is 1060. The fourth-order valence-electron chi connectivity index (χ4n) is 4.21. The second-order valence-corrected chi connectivity index (χ2v) is 10.9. The molecule has 4 atom stereocenters. The number of halogens is 2. The number of ether oxygens (including phenoxy) is 2. The lowest BCUT2D eigenvalue weighted by Gasteiger charge is -2.30. The van der Waals surface area contributed by atoms with E-state index in [4.69, 9.17) is 9.47 Å². The molecule has 0 bridgehead atoms. The average Bonchev–Trinajstić information content (AvgIpc) is 3.21. The van der Waals surface area contributed by atoms with E-state index in [1.165, 1.54) is 11.3 Å². The molecule has 34 heavy (non-hydrogen) atoms. The smallest absolute Gasteiger partial charge is 0.262 e. The fourth-order valence-corrected chi connectivity index (χ4v) is 5.46. The van der Waals surface area contributed by atoms with E-state index >= 15 is 0 Å². The van der Waals surface area contributed by atoms with Crippen molar-refractivity contribution in [3.05, 3.63) is 38.6 Å². The molecule has 4 heterocycles. The fraction of sp³-hybridized carbons (Fsp3) is 0.522. The van der Waals surface area contributed by atoms with Gasteiger partial charge in [-0.25, -0.2) is 9.37 Å². The molecule has 1 saturated heterocycles. The van der Waals surface area contributed by atoms with Gasteiger partial charge in [-0.05, 0) is 47.0 Å². The zero-order chi connectivity index (χ0) is 23.7. The molecule has 2 aromatic rings. The lowest BCUT2D eigenvalue weighted by atomic mass is 10.1. The van der Waals surface area contributed by atoms with Gasteiger partial charge in [-0.1, -0.05) is 0 Å². The van der Waals surface area contributed by atoms with Crippen molar-refractivity contribution in [3.8, 4) is 5.88 Å². The first-order valence-corrected chi connectivity index (χ1v) is 13.1. The molecular weight excluding hydrogens is 527 g/mol. The zero-order valence-corrected chi connectivity index (χ0v) is 20.9. The van der Waals surface area contributed by atoms with Crippen molar-refractivity contribution in [1.82, 2.24) is 15.6 Å². The minimum Gasteiger partial charge on any atom is -0.474 e. The number of hydrogen-bond acceptors (Lipinski definition) is 7. The predicted octanol–water partition coefficient (Wildman–Crippen LogP) is 3.20. The largest absolute Gasteiger partial charge is 0.474 e. The van der Waals surface area contributed by atoms with Gasteiger partial charge in [0.2, 0.25) is 11.8 Å². The first-order valence-electron chi connectivity index (χ1n) is 11.4. The highest BCUT2D eigenvalue weighted by Gasteiger charge is 2.40. The van der Waals surface area contributed by atoms with E-state index in [0.29, 0.717) is 49.9 Å². The molecule has 0 aromatic carbocycles. The van der Waals surface area contributed by atoms with Crippen molar-refractivity contribution >= 4 is 44.8 Å². The van der Waals surface area contributed by atoms with E-state index in [-0.39, 0.29) is 17.9 Å². The topological polar surface area (TPSA) is 92.8 Å². The third-order valence-corrected chi connectivity index (χ3v) is 7.66. The number of anilines is 1. The summed E-state index contributed by atoms with van der Waals surface area (Å²) < 4.78 is 25.5. The van der Waals surface area contributed by atoms with Crippen molar-refractivity contribution in [3.63, 3.8) is 0 Å². The van der Waals surface area contributed by atoms with Gasteiger partial charge >= 0.3 is 0 Å². The highest BCUT2D eigenvalue weighted by Crippen LogP contribution is 2.33. The summed E-state index contributed by atoms with van der Waals surface area (Å²) in [6.07, 6.45) is 3.13. The van der Waals surface area contributed by atoms with Gasteiger partial charge < -0.3 is 25.0 Å². The number of fused-ring (bicyclic) bond motifs is 1. The molecule has 182 valence electrons. The molecule has 1 aliphatic carbocycles. The summed E-state index contributed by atoms with van der Waals surface area (Å²) in [7, 11) is 0. The third-order valence-electron chi connectivity index (χ3n) is 6.16. The van der Waals surface area contributed by atoms with E-state index in [1.54, 1.807) is 12.3 Å². The lowest BCUT2D eigenvalue weighted by molar-refractivity contribution is -0.124. The number of carbonyl (C=O) groups is 2. The van der Waals surface area contributed by atoms with E-state index in [0.717, 1.165) is 27.9 Å². The molecule has 3 aliphatic rings. The highest BCUT2D eigenvalue weighted by atomic mass is 79.9. The standard InChI is InChI=1S/C23H26BrFN4O4S/c24-13-8-19-23(26-11-13)33-7-5-29(19)12-15-3-4-20(34-15)22(31)28-18(9-14-2-1-6-32-14)21(30)27-17-10-16(17)25/h3-4,8,11,14,16-18H,1-2,5-7,9-10,12H2,(H,27,30)(H,28,31)/t14?,16-,17-,18-/m0/s1. The summed E-state index contributed by atoms with van der Waals surface area (Å²) >= 11 is 4.84. The summed E-state index contributed by atoms with van der Waals surface area (Å²) in [5.41, 5.74) is 0.902. The van der Waals surface area contributed by atoms with Crippen molar-refractivity contribution in [2.45, 2.75) is 56.6 Å². The minimum absolute atomic E-state index is 0.0790. The lowest BCUT2D eigenvalue weighted by Crippen LogP contribution is -2.49. The molecule has 1 saturated carbocycles. The van der Waals surface area contributed by atoms with Gasteiger partial charge in [-0.2, -0.15) is 0 Å². The third kappa shape index (κ3) is 5.52. The molecule has 11 heteroatoms. The Morgan fingerprint density at radius 3 is 2.97 bits per heavy atom. The SMILES string of the molecule is O=C(N[C@@H](CC1CCCO1)C(=O)N[C@H]1C[C@@H]1F)c1ccc(CN2CCOc3ncc(Br)cc32)s1. The Balaban J connectivity index is 1.24. The Kier molecular flexibility index (Phi) is 7.03. The number of nitrogens with one attached hydrogen (secondary N) is 2. The van der Waals surface area contributed by atoms with E-state index < -0.39 is 18.3 Å². The van der Waals surface area contributed by atoms with Crippen LogP contribution in [0.15, 0.2) is 28.9 Å². The predicted molar refractivity (Wildman–Crippen MR) is 129 cm³/mol. The zero-order valence-electron chi connectivity index (χ0n) is 18.5. The number of carbonyl (C=O) groups excluding carboxylic acids is 2. The van der Waals surface area contributed by atoms with Crippen molar-refractivity contribution < 1.29 is 23.5 Å². The number of hydrogen-bond donors (Lipinski definition) is 2. The first kappa shape index (κ1) is 23.5. The quantitative estimate of drug-likeness (QED) is 0.522. The average molecular weight is 553 g/mol. The van der Waals surface area contributed by atoms with Crippen LogP contribution >= 0.6 is 27.3 Å². The van der Waals surface area contributed by atoms with Crippen LogP contribution in [0.2, 0.25) is 0 Å². The number of alkyl halides is 1. The van der Waals surface area contributed by atoms with Crippen LogP contribution in [0.4, 0.5) is 10.1 Å². The number of pyridine rings is 1. The summed E-state index contributed by atoms with van der Waals surface area (Å²) in [5.74, 6) is -0.0688. The summed E-state index contributed by atoms with van der Waals surface area (Å²) in [4.78, 5) is 33.8. The van der Waals surface area contributed by atoms with Gasteiger partial charge in [0.1, 0.15) is 24.5 Å². The van der Waals surface area contributed by atoms with Crippen LogP contribution in [0.3, 0.4) is 0 Å². The van der Waals surface area contributed by atoms with Gasteiger partial charge in [0.15, 0.2) is 0 Å². The second-order valence-electron chi connectivity index (χ2n) is 8.78. The van der Waals surface area contributed by atoms with Crippen molar-refractivity contribution in [2.75, 3.05) is 24.7 Å². The Morgan fingerprint density at radius 1 is 1.35 bits per heavy atom. The molecule has 0 spiro atoms. The van der Waals surface area contributed by atoms with Gasteiger partial charge in [-0.15, -0.1) is 11.3 Å². The molecule has 5 rings (SSSR count). The summed E-state index contributed by atoms with van der Waals surface area (Å²) in [6, 6.07) is 4.46. The number of thiophene rings is 1. The van der Waals surface area contributed by atoms with Crippen LogP contribution in [-0.2, 0) is 16.1 Å². The second kappa shape index (κ2) is 10.2. The van der Waals surface area contributed by atoms with Gasteiger partial charge in [0.25, 0.3) is 5.91 Å². The van der Waals surface area contributed by atoms with Crippen LogP contribution in [-0.4, -0.2) is 60.9 Å². The monoisotopic (exact) mass is 552 g/mol. The first-order chi connectivity index (χ1) is 16.5. The summed E-state index contributed by atoms with van der Waals surface area (Å²) in [6.45, 7) is 2.53. The van der Waals surface area contributed by atoms with E-state index in [1.807, 2.05) is 12.1 Å². The Morgan fingerprint density at radius 2 is 2.21 bits per heavy atom. The van der Waals surface area contributed by atoms with Crippen LogP contribution in [0.5, 0.6) is 5.88 Å². The molecule has 0 radical (unpaired) electrons. The normalized spacial score (nSPS) is 24.2. The van der Waals surface area contributed by atoms with Gasteiger partial charge in [0.05, 0.1) is 30.1 Å². The Hall–Kier alpha value is -2.24. The van der Waals surface area contributed by atoms with Crippen molar-refractivity contribution in [1.29, 1.82) is 0 Å². The number of amides is 2. The maximum Gasteiger partial charge on any atom is 0.262 e. The molecule has 1 unspecified atom stereocenters. The Labute approximate surface area is 209 Å². The van der Waals surface area contributed by atoms with Crippen LogP contribution in [0.1, 0.15) is 40.2 Å². The molecular formula is C23H26BrFN4O4S. The van der Waals surface area contributed by atoms with Crippen LogP contribution < -0.4 is 20.3 Å². The summed E-state index contributed by atoms with van der Waals surface area (Å²) in [5, 5.41) is 5.55. The maximum atomic E-state index is 13.3.